The third kappa shape index (κ3) is 4.59. The molecule has 0 fully saturated rings. The zero-order chi connectivity index (χ0) is 14.4. The first-order valence-electron chi connectivity index (χ1n) is 5.78. The van der Waals surface area contributed by atoms with E-state index in [0.29, 0.717) is 6.54 Å². The summed E-state index contributed by atoms with van der Waals surface area (Å²) in [5.41, 5.74) is 0. The van der Waals surface area contributed by atoms with Crippen molar-refractivity contribution < 1.29 is 19.8 Å². The van der Waals surface area contributed by atoms with E-state index < -0.39 is 12.1 Å². The summed E-state index contributed by atoms with van der Waals surface area (Å²) in [6.45, 7) is 0.439. The molecule has 0 aliphatic heterocycles. The SMILES string of the molecule is CN(Cc1nccn1C)C(=O)NCC[C@H](O)C(=O)O. The van der Waals surface area contributed by atoms with E-state index in [2.05, 4.69) is 10.3 Å². The van der Waals surface area contributed by atoms with Crippen LogP contribution in [0.1, 0.15) is 12.2 Å². The summed E-state index contributed by atoms with van der Waals surface area (Å²) in [4.78, 5) is 27.6. The largest absolute Gasteiger partial charge is 0.479 e. The molecule has 0 unspecified atom stereocenters. The number of hydrogen-bond donors (Lipinski definition) is 3. The van der Waals surface area contributed by atoms with Crippen molar-refractivity contribution in [2.24, 2.45) is 7.05 Å². The first kappa shape index (κ1) is 15.0. The summed E-state index contributed by atoms with van der Waals surface area (Å²) in [6, 6.07) is -0.347. The second-order valence-corrected chi connectivity index (χ2v) is 4.19. The third-order valence-corrected chi connectivity index (χ3v) is 2.63. The van der Waals surface area contributed by atoms with Crippen molar-refractivity contribution in [3.8, 4) is 0 Å². The molecular weight excluding hydrogens is 252 g/mol. The van der Waals surface area contributed by atoms with Gasteiger partial charge < -0.3 is 25.0 Å². The van der Waals surface area contributed by atoms with Crippen LogP contribution < -0.4 is 5.32 Å². The molecule has 0 saturated heterocycles. The van der Waals surface area contributed by atoms with Gasteiger partial charge in [0.25, 0.3) is 0 Å². The Bertz CT molecular complexity index is 446. The second kappa shape index (κ2) is 6.74. The van der Waals surface area contributed by atoms with Crippen LogP contribution in [0.2, 0.25) is 0 Å². The van der Waals surface area contributed by atoms with Crippen LogP contribution in [-0.4, -0.2) is 56.4 Å². The Morgan fingerprint density at radius 3 is 2.79 bits per heavy atom. The van der Waals surface area contributed by atoms with E-state index in [1.54, 1.807) is 24.0 Å². The number of aliphatic carboxylic acids is 1. The number of rotatable bonds is 6. The highest BCUT2D eigenvalue weighted by molar-refractivity contribution is 5.74. The lowest BCUT2D eigenvalue weighted by atomic mass is 10.2. The van der Waals surface area contributed by atoms with Crippen LogP contribution in [0.5, 0.6) is 0 Å². The molecule has 8 heteroatoms. The molecule has 1 aromatic heterocycles. The minimum absolute atomic E-state index is 0.0304. The van der Waals surface area contributed by atoms with Gasteiger partial charge in [0.1, 0.15) is 5.82 Å². The van der Waals surface area contributed by atoms with Crippen LogP contribution >= 0.6 is 0 Å². The molecule has 0 radical (unpaired) electrons. The van der Waals surface area contributed by atoms with Crippen LogP contribution in [0.25, 0.3) is 0 Å². The number of carbonyl (C=O) groups excluding carboxylic acids is 1. The maximum atomic E-state index is 11.7. The summed E-state index contributed by atoms with van der Waals surface area (Å²) >= 11 is 0. The number of nitrogens with zero attached hydrogens (tertiary/aromatic N) is 3. The number of amides is 2. The summed E-state index contributed by atoms with van der Waals surface area (Å²) < 4.78 is 1.80. The van der Waals surface area contributed by atoms with Crippen molar-refractivity contribution in [1.82, 2.24) is 19.8 Å². The summed E-state index contributed by atoms with van der Waals surface area (Å²) in [7, 11) is 3.44. The van der Waals surface area contributed by atoms with E-state index in [1.165, 1.54) is 4.90 Å². The lowest BCUT2D eigenvalue weighted by Gasteiger charge is -2.18. The average Bonchev–Trinajstić information content (AvgIpc) is 2.74. The number of nitrogens with one attached hydrogen (secondary N) is 1. The molecule has 1 atom stereocenters. The lowest BCUT2D eigenvalue weighted by molar-refractivity contribution is -0.146. The van der Waals surface area contributed by atoms with Crippen molar-refractivity contribution in [3.63, 3.8) is 0 Å². The molecule has 1 heterocycles. The van der Waals surface area contributed by atoms with E-state index in [-0.39, 0.29) is 19.0 Å². The zero-order valence-corrected chi connectivity index (χ0v) is 10.9. The lowest BCUT2D eigenvalue weighted by Crippen LogP contribution is -2.39. The molecule has 0 aliphatic rings. The molecule has 106 valence electrons. The van der Waals surface area contributed by atoms with Crippen molar-refractivity contribution in [1.29, 1.82) is 0 Å². The number of aromatic nitrogens is 2. The van der Waals surface area contributed by atoms with Gasteiger partial charge in [-0.25, -0.2) is 14.6 Å². The van der Waals surface area contributed by atoms with Gasteiger partial charge in [0.15, 0.2) is 6.10 Å². The van der Waals surface area contributed by atoms with Crippen molar-refractivity contribution in [3.05, 3.63) is 18.2 Å². The molecule has 1 aromatic rings. The quantitative estimate of drug-likeness (QED) is 0.639. The standard InChI is InChI=1S/C11H18N4O4/c1-14-6-5-12-9(14)7-15(2)11(19)13-4-3-8(16)10(17)18/h5-6,8,16H,3-4,7H2,1-2H3,(H,13,19)(H,17,18)/t8-/m0/s1. The number of carboxylic acids is 1. The first-order valence-corrected chi connectivity index (χ1v) is 5.78. The number of hydrogen-bond acceptors (Lipinski definition) is 4. The zero-order valence-electron chi connectivity index (χ0n) is 10.9. The normalized spacial score (nSPS) is 11.9. The Labute approximate surface area is 110 Å². The van der Waals surface area contributed by atoms with Crippen LogP contribution in [0.3, 0.4) is 0 Å². The van der Waals surface area contributed by atoms with E-state index in [9.17, 15) is 9.59 Å². The number of aliphatic hydroxyl groups excluding tert-OH is 1. The fraction of sp³-hybridized carbons (Fsp3) is 0.545. The molecule has 1 rings (SSSR count). The topological polar surface area (TPSA) is 108 Å². The van der Waals surface area contributed by atoms with Gasteiger partial charge in [-0.3, -0.25) is 0 Å². The molecule has 0 spiro atoms. The highest BCUT2D eigenvalue weighted by atomic mass is 16.4. The minimum atomic E-state index is -1.46. The average molecular weight is 270 g/mol. The second-order valence-electron chi connectivity index (χ2n) is 4.19. The number of imidazole rings is 1. The van der Waals surface area contributed by atoms with E-state index in [4.69, 9.17) is 10.2 Å². The number of aryl methyl sites for hydroxylation is 1. The minimum Gasteiger partial charge on any atom is -0.479 e. The van der Waals surface area contributed by atoms with E-state index in [1.807, 2.05) is 7.05 Å². The molecule has 0 aliphatic carbocycles. The monoisotopic (exact) mass is 270 g/mol. The summed E-state index contributed by atoms with van der Waals surface area (Å²) in [6.07, 6.45) is 1.94. The smallest absolute Gasteiger partial charge is 0.332 e. The van der Waals surface area contributed by atoms with E-state index >= 15 is 0 Å². The summed E-state index contributed by atoms with van der Waals surface area (Å²) in [5.74, 6) is -0.557. The summed E-state index contributed by atoms with van der Waals surface area (Å²) in [5, 5.41) is 20.0. The third-order valence-electron chi connectivity index (χ3n) is 2.63. The number of carbonyl (C=O) groups is 2. The molecule has 0 bridgehead atoms. The molecule has 0 aromatic carbocycles. The Balaban J connectivity index is 2.33. The number of aliphatic hydroxyl groups is 1. The van der Waals surface area contributed by atoms with Gasteiger partial charge in [0.05, 0.1) is 6.54 Å². The Morgan fingerprint density at radius 1 is 1.58 bits per heavy atom. The molecule has 19 heavy (non-hydrogen) atoms. The molecular formula is C11H18N4O4. The number of carboxylic acid groups (broad SMARTS) is 1. The highest BCUT2D eigenvalue weighted by Crippen LogP contribution is 1.99. The maximum absolute atomic E-state index is 11.7. The fourth-order valence-electron chi connectivity index (χ4n) is 1.41. The number of urea groups is 1. The van der Waals surface area contributed by atoms with Crippen LogP contribution in [0.15, 0.2) is 12.4 Å². The van der Waals surface area contributed by atoms with Crippen LogP contribution in [-0.2, 0) is 18.4 Å². The molecule has 2 amide bonds. The molecule has 8 nitrogen and oxygen atoms in total. The van der Waals surface area contributed by atoms with Crippen LogP contribution in [0, 0.1) is 0 Å². The molecule has 0 saturated carbocycles. The van der Waals surface area contributed by atoms with Gasteiger partial charge in [-0.1, -0.05) is 0 Å². The van der Waals surface area contributed by atoms with Gasteiger partial charge in [-0.05, 0) is 0 Å². The van der Waals surface area contributed by atoms with Gasteiger partial charge in [0.2, 0.25) is 0 Å². The predicted molar refractivity (Wildman–Crippen MR) is 66.3 cm³/mol. The van der Waals surface area contributed by atoms with Crippen LogP contribution in [0.4, 0.5) is 4.79 Å². The Hall–Kier alpha value is -2.09. The van der Waals surface area contributed by atoms with Gasteiger partial charge in [0, 0.05) is 39.5 Å². The van der Waals surface area contributed by atoms with Gasteiger partial charge in [-0.2, -0.15) is 0 Å². The van der Waals surface area contributed by atoms with Crippen molar-refractivity contribution in [2.45, 2.75) is 19.1 Å². The highest BCUT2D eigenvalue weighted by Gasteiger charge is 2.15. The maximum Gasteiger partial charge on any atom is 0.332 e. The Kier molecular flexibility index (Phi) is 5.31. The Morgan fingerprint density at radius 2 is 2.26 bits per heavy atom. The first-order chi connectivity index (χ1) is 8.91. The fourth-order valence-corrected chi connectivity index (χ4v) is 1.41. The van der Waals surface area contributed by atoms with Gasteiger partial charge in [-0.15, -0.1) is 0 Å². The van der Waals surface area contributed by atoms with Crippen molar-refractivity contribution >= 4 is 12.0 Å². The predicted octanol–water partition coefficient (Wildman–Crippen LogP) is -0.603. The van der Waals surface area contributed by atoms with Gasteiger partial charge >= 0.3 is 12.0 Å². The molecule has 3 N–H and O–H groups in total. The van der Waals surface area contributed by atoms with E-state index in [0.717, 1.165) is 5.82 Å². The van der Waals surface area contributed by atoms with Crippen molar-refractivity contribution in [2.75, 3.05) is 13.6 Å².